The van der Waals surface area contributed by atoms with Gasteiger partial charge in [-0.1, -0.05) is 13.8 Å². The molecule has 0 saturated carbocycles. The zero-order valence-corrected chi connectivity index (χ0v) is 26.9. The summed E-state index contributed by atoms with van der Waals surface area (Å²) in [5.41, 5.74) is 0. The van der Waals surface area contributed by atoms with Crippen molar-refractivity contribution in [1.82, 2.24) is 0 Å². The first-order valence-electron chi connectivity index (χ1n) is 14.3. The SMILES string of the molecule is COc1cc2sc(CC[C@H](C)C(=O)O)cc2c(F)c1OCCCCOc1c(OC)cc2sc(C(=O)C[C@H](C)C(=O)O)cc2c1F. The fourth-order valence-corrected chi connectivity index (χ4v) is 6.72. The topological polar surface area (TPSA) is 129 Å². The Kier molecular flexibility index (Phi) is 11.2. The van der Waals surface area contributed by atoms with Crippen LogP contribution in [0, 0.1) is 23.5 Å². The van der Waals surface area contributed by atoms with Gasteiger partial charge in [0.2, 0.25) is 0 Å². The number of rotatable bonds is 17. The van der Waals surface area contributed by atoms with E-state index in [4.69, 9.17) is 29.2 Å². The van der Waals surface area contributed by atoms with Crippen molar-refractivity contribution < 1.29 is 52.3 Å². The summed E-state index contributed by atoms with van der Waals surface area (Å²) in [5.74, 6) is -4.67. The van der Waals surface area contributed by atoms with Crippen LogP contribution in [-0.4, -0.2) is 55.4 Å². The molecule has 2 heterocycles. The quantitative estimate of drug-likeness (QED) is 0.0866. The zero-order chi connectivity index (χ0) is 32.8. The molecule has 242 valence electrons. The Labute approximate surface area is 266 Å². The van der Waals surface area contributed by atoms with Crippen LogP contribution in [0.25, 0.3) is 20.2 Å². The van der Waals surface area contributed by atoms with E-state index >= 15 is 8.78 Å². The van der Waals surface area contributed by atoms with Crippen molar-refractivity contribution in [2.45, 2.75) is 46.0 Å². The lowest BCUT2D eigenvalue weighted by atomic mass is 10.0. The number of Topliss-reactive ketones (excluding diaryl/α,β-unsaturated/α-hetero) is 1. The molecule has 2 aromatic heterocycles. The molecule has 4 rings (SSSR count). The number of benzene rings is 2. The average molecular weight is 665 g/mol. The number of aryl methyl sites for hydroxylation is 1. The van der Waals surface area contributed by atoms with Gasteiger partial charge in [-0.05, 0) is 37.8 Å². The number of carboxylic acids is 2. The molecule has 2 N–H and O–H groups in total. The predicted molar refractivity (Wildman–Crippen MR) is 168 cm³/mol. The molecule has 0 fully saturated rings. The minimum absolute atomic E-state index is 0.0205. The van der Waals surface area contributed by atoms with Gasteiger partial charge in [0.25, 0.3) is 0 Å². The minimum Gasteiger partial charge on any atom is -0.493 e. The van der Waals surface area contributed by atoms with E-state index < -0.39 is 35.4 Å². The monoisotopic (exact) mass is 664 g/mol. The Morgan fingerprint density at radius 3 is 1.80 bits per heavy atom. The highest BCUT2D eigenvalue weighted by molar-refractivity contribution is 7.21. The van der Waals surface area contributed by atoms with Crippen molar-refractivity contribution in [3.8, 4) is 23.0 Å². The van der Waals surface area contributed by atoms with E-state index in [1.807, 2.05) is 0 Å². The van der Waals surface area contributed by atoms with E-state index in [1.165, 1.54) is 38.5 Å². The average Bonchev–Trinajstić information content (AvgIpc) is 3.63. The Hall–Kier alpha value is -3.97. The second-order valence-corrected chi connectivity index (χ2v) is 12.9. The van der Waals surface area contributed by atoms with Gasteiger partial charge in [-0.3, -0.25) is 14.4 Å². The first-order valence-corrected chi connectivity index (χ1v) is 15.9. The number of methoxy groups -OCH3 is 2. The van der Waals surface area contributed by atoms with Gasteiger partial charge in [0.15, 0.2) is 40.4 Å². The molecule has 0 aliphatic heterocycles. The Morgan fingerprint density at radius 2 is 1.29 bits per heavy atom. The maximum atomic E-state index is 15.5. The molecule has 0 radical (unpaired) electrons. The van der Waals surface area contributed by atoms with Gasteiger partial charge in [-0.25, -0.2) is 8.78 Å². The molecule has 0 aliphatic carbocycles. The van der Waals surface area contributed by atoms with Crippen LogP contribution in [0.15, 0.2) is 24.3 Å². The Bertz CT molecular complexity index is 1710. The van der Waals surface area contributed by atoms with Gasteiger partial charge in [0, 0.05) is 43.6 Å². The lowest BCUT2D eigenvalue weighted by molar-refractivity contribution is -0.142. The highest BCUT2D eigenvalue weighted by Crippen LogP contribution is 2.42. The summed E-state index contributed by atoms with van der Waals surface area (Å²) < 4.78 is 54.2. The van der Waals surface area contributed by atoms with Crippen LogP contribution in [0.3, 0.4) is 0 Å². The first-order chi connectivity index (χ1) is 21.4. The smallest absolute Gasteiger partial charge is 0.306 e. The van der Waals surface area contributed by atoms with Crippen LogP contribution in [0.2, 0.25) is 0 Å². The summed E-state index contributed by atoms with van der Waals surface area (Å²) >= 11 is 2.44. The molecular weight excluding hydrogens is 630 g/mol. The van der Waals surface area contributed by atoms with Gasteiger partial charge in [-0.2, -0.15) is 0 Å². The Morgan fingerprint density at radius 1 is 0.778 bits per heavy atom. The molecule has 0 bridgehead atoms. The second-order valence-electron chi connectivity index (χ2n) is 10.6. The normalized spacial score (nSPS) is 12.7. The van der Waals surface area contributed by atoms with Crippen LogP contribution in [0.1, 0.15) is 54.1 Å². The van der Waals surface area contributed by atoms with E-state index in [2.05, 4.69) is 0 Å². The molecule has 45 heavy (non-hydrogen) atoms. The lowest BCUT2D eigenvalue weighted by Gasteiger charge is -2.14. The number of unbranched alkanes of at least 4 members (excludes halogenated alkanes) is 1. The molecule has 0 spiro atoms. The van der Waals surface area contributed by atoms with Crippen molar-refractivity contribution in [2.24, 2.45) is 11.8 Å². The second kappa shape index (κ2) is 14.9. The van der Waals surface area contributed by atoms with E-state index in [1.54, 1.807) is 25.1 Å². The van der Waals surface area contributed by atoms with Crippen LogP contribution in [0.4, 0.5) is 8.78 Å². The van der Waals surface area contributed by atoms with Crippen LogP contribution >= 0.6 is 22.7 Å². The molecule has 2 aromatic carbocycles. The van der Waals surface area contributed by atoms with Gasteiger partial charge in [0.1, 0.15) is 0 Å². The number of thiophene rings is 2. The zero-order valence-electron chi connectivity index (χ0n) is 25.2. The third-order valence-electron chi connectivity index (χ3n) is 7.32. The summed E-state index contributed by atoms with van der Waals surface area (Å²) in [6, 6.07) is 6.39. The van der Waals surface area contributed by atoms with Gasteiger partial charge in [0.05, 0.1) is 44.1 Å². The third-order valence-corrected chi connectivity index (χ3v) is 9.59. The first kappa shape index (κ1) is 33.9. The van der Waals surface area contributed by atoms with E-state index in [9.17, 15) is 14.4 Å². The van der Waals surface area contributed by atoms with Crippen molar-refractivity contribution >= 4 is 60.6 Å². The van der Waals surface area contributed by atoms with E-state index in [0.717, 1.165) is 16.2 Å². The maximum Gasteiger partial charge on any atom is 0.306 e. The molecule has 13 heteroatoms. The fourth-order valence-electron chi connectivity index (χ4n) is 4.58. The molecule has 0 amide bonds. The third kappa shape index (κ3) is 7.82. The number of fused-ring (bicyclic) bond motifs is 2. The number of carbonyl (C=O) groups is 3. The summed E-state index contributed by atoms with van der Waals surface area (Å²) in [5, 5.41) is 18.8. The van der Waals surface area contributed by atoms with Crippen molar-refractivity contribution in [2.75, 3.05) is 27.4 Å². The number of carbonyl (C=O) groups excluding carboxylic acids is 1. The van der Waals surface area contributed by atoms with Crippen molar-refractivity contribution in [3.05, 3.63) is 45.7 Å². The number of halogens is 2. The van der Waals surface area contributed by atoms with Crippen LogP contribution in [-0.2, 0) is 16.0 Å². The minimum atomic E-state index is -1.08. The molecule has 0 saturated heterocycles. The van der Waals surface area contributed by atoms with Crippen molar-refractivity contribution in [3.63, 3.8) is 0 Å². The van der Waals surface area contributed by atoms with Crippen molar-refractivity contribution in [1.29, 1.82) is 0 Å². The summed E-state index contributed by atoms with van der Waals surface area (Å²) in [6.07, 6.45) is 1.65. The number of aliphatic carboxylic acids is 2. The predicted octanol–water partition coefficient (Wildman–Crippen LogP) is 7.60. The number of hydrogen-bond acceptors (Lipinski definition) is 9. The number of carboxylic acid groups (broad SMARTS) is 2. The van der Waals surface area contributed by atoms with E-state index in [0.29, 0.717) is 40.5 Å². The summed E-state index contributed by atoms with van der Waals surface area (Å²) in [4.78, 5) is 35.9. The lowest BCUT2D eigenvalue weighted by Crippen LogP contribution is -2.13. The molecule has 0 unspecified atom stereocenters. The summed E-state index contributed by atoms with van der Waals surface area (Å²) in [7, 11) is 2.80. The molecule has 0 aliphatic rings. The summed E-state index contributed by atoms with van der Waals surface area (Å²) in [6.45, 7) is 3.32. The van der Waals surface area contributed by atoms with Gasteiger partial charge >= 0.3 is 11.9 Å². The van der Waals surface area contributed by atoms with Gasteiger partial charge < -0.3 is 29.2 Å². The van der Waals surface area contributed by atoms with Crippen LogP contribution in [0.5, 0.6) is 23.0 Å². The molecule has 2 atom stereocenters. The van der Waals surface area contributed by atoms with Crippen LogP contribution < -0.4 is 18.9 Å². The van der Waals surface area contributed by atoms with Gasteiger partial charge in [-0.15, -0.1) is 22.7 Å². The number of ketones is 1. The highest BCUT2D eigenvalue weighted by Gasteiger charge is 2.23. The standard InChI is InChI=1S/C32H34F2O9S2/c1-16(31(36)37)7-8-18-12-19-24(44-18)14-22(40-3)29(27(19)33)42-9-5-6-10-43-30-23(41-4)15-25-20(28(30)34)13-26(45-25)21(35)11-17(2)32(38)39/h12-17H,5-11H2,1-4H3,(H,36,37)(H,38,39)/t16-,17-/m0/s1. The highest BCUT2D eigenvalue weighted by atomic mass is 32.1. The number of ether oxygens (including phenoxy) is 4. The maximum absolute atomic E-state index is 15.5. The largest absolute Gasteiger partial charge is 0.493 e. The Balaban J connectivity index is 1.37. The molecule has 4 aromatic rings. The molecular formula is C32H34F2O9S2. The fraction of sp³-hybridized carbons (Fsp3) is 0.406. The molecule has 9 nitrogen and oxygen atoms in total. The number of hydrogen-bond donors (Lipinski definition) is 2. The van der Waals surface area contributed by atoms with E-state index in [-0.39, 0.29) is 58.7 Å².